The fraction of sp³-hybridized carbons (Fsp3) is 0.143. The second-order valence-corrected chi connectivity index (χ2v) is 7.44. The Morgan fingerprint density at radius 3 is 2.21 bits per heavy atom. The van der Waals surface area contributed by atoms with Gasteiger partial charge in [-0.2, -0.15) is 0 Å². The van der Waals surface area contributed by atoms with Crippen LogP contribution in [0.15, 0.2) is 91.0 Å². The molecule has 0 unspecified atom stereocenters. The van der Waals surface area contributed by atoms with Gasteiger partial charge in [-0.15, -0.1) is 0 Å². The highest BCUT2D eigenvalue weighted by Gasteiger charge is 2.14. The maximum Gasteiger partial charge on any atom is 0.0468 e. The van der Waals surface area contributed by atoms with Crippen LogP contribution in [0.25, 0.3) is 16.8 Å². The van der Waals surface area contributed by atoms with E-state index in [0.29, 0.717) is 0 Å². The molecule has 0 aliphatic heterocycles. The van der Waals surface area contributed by atoms with Crippen LogP contribution in [0.2, 0.25) is 0 Å². The van der Waals surface area contributed by atoms with E-state index in [1.165, 1.54) is 44.5 Å². The third kappa shape index (κ3) is 3.95. The first kappa shape index (κ1) is 19.0. The Morgan fingerprint density at radius 2 is 1.45 bits per heavy atom. The maximum absolute atomic E-state index is 2.35. The van der Waals surface area contributed by atoms with Crippen LogP contribution in [-0.2, 0) is 6.42 Å². The van der Waals surface area contributed by atoms with E-state index in [9.17, 15) is 0 Å². The van der Waals surface area contributed by atoms with Crippen molar-refractivity contribution in [3.8, 4) is 0 Å². The van der Waals surface area contributed by atoms with Crippen molar-refractivity contribution in [3.63, 3.8) is 0 Å². The molecule has 0 aromatic heterocycles. The standard InChI is InChI=1S/C28H27N/c1-4-9-24-19-27(16-14-22(24)5-2)29(26-13-8-10-21(3)18-26)28-17-15-23-11-6-7-12-25(23)20-28/h4,6-20H,5H2,1-3H3/b9-4-. The van der Waals surface area contributed by atoms with Crippen molar-refractivity contribution in [2.45, 2.75) is 27.2 Å². The maximum atomic E-state index is 2.35. The van der Waals surface area contributed by atoms with Crippen molar-refractivity contribution in [2.75, 3.05) is 4.90 Å². The predicted octanol–water partition coefficient (Wildman–Crippen LogP) is 8.21. The number of hydrogen-bond donors (Lipinski definition) is 0. The summed E-state index contributed by atoms with van der Waals surface area (Å²) in [5.41, 5.74) is 7.43. The minimum absolute atomic E-state index is 1.03. The van der Waals surface area contributed by atoms with Gasteiger partial charge < -0.3 is 4.90 Å². The highest BCUT2D eigenvalue weighted by Crippen LogP contribution is 2.37. The number of aryl methyl sites for hydroxylation is 2. The molecule has 0 bridgehead atoms. The quantitative estimate of drug-likeness (QED) is 0.339. The van der Waals surface area contributed by atoms with Gasteiger partial charge in [-0.3, -0.25) is 0 Å². The van der Waals surface area contributed by atoms with Crippen LogP contribution >= 0.6 is 0 Å². The summed E-state index contributed by atoms with van der Waals surface area (Å²) in [6.45, 7) is 6.44. The topological polar surface area (TPSA) is 3.24 Å². The second kappa shape index (κ2) is 8.36. The zero-order chi connectivity index (χ0) is 20.2. The highest BCUT2D eigenvalue weighted by atomic mass is 15.1. The van der Waals surface area contributed by atoms with E-state index in [1.807, 2.05) is 0 Å². The summed E-state index contributed by atoms with van der Waals surface area (Å²) in [7, 11) is 0. The van der Waals surface area contributed by atoms with Crippen LogP contribution in [0.4, 0.5) is 17.1 Å². The Morgan fingerprint density at radius 1 is 0.724 bits per heavy atom. The van der Waals surface area contributed by atoms with Crippen LogP contribution in [0, 0.1) is 6.92 Å². The molecule has 1 nitrogen and oxygen atoms in total. The van der Waals surface area contributed by atoms with E-state index in [-0.39, 0.29) is 0 Å². The van der Waals surface area contributed by atoms with Crippen LogP contribution in [0.1, 0.15) is 30.5 Å². The first-order chi connectivity index (χ1) is 14.2. The molecular formula is C28H27N. The Labute approximate surface area is 173 Å². The van der Waals surface area contributed by atoms with Gasteiger partial charge in [0.05, 0.1) is 0 Å². The van der Waals surface area contributed by atoms with Crippen molar-refractivity contribution in [2.24, 2.45) is 0 Å². The van der Waals surface area contributed by atoms with Crippen molar-refractivity contribution in [3.05, 3.63) is 108 Å². The van der Waals surface area contributed by atoms with Crippen molar-refractivity contribution >= 4 is 33.9 Å². The molecule has 29 heavy (non-hydrogen) atoms. The predicted molar refractivity (Wildman–Crippen MR) is 127 cm³/mol. The third-order valence-corrected chi connectivity index (χ3v) is 5.37. The third-order valence-electron chi connectivity index (χ3n) is 5.37. The van der Waals surface area contributed by atoms with Gasteiger partial charge in [-0.25, -0.2) is 0 Å². The summed E-state index contributed by atoms with van der Waals surface area (Å²) < 4.78 is 0. The molecule has 4 rings (SSSR count). The van der Waals surface area contributed by atoms with Crippen LogP contribution in [0.5, 0.6) is 0 Å². The second-order valence-electron chi connectivity index (χ2n) is 7.44. The number of anilines is 3. The van der Waals surface area contributed by atoms with Crippen LogP contribution in [-0.4, -0.2) is 0 Å². The highest BCUT2D eigenvalue weighted by molar-refractivity contribution is 5.89. The fourth-order valence-electron chi connectivity index (χ4n) is 3.91. The molecule has 0 N–H and O–H groups in total. The number of rotatable bonds is 5. The first-order valence-electron chi connectivity index (χ1n) is 10.3. The molecule has 0 amide bonds. The van der Waals surface area contributed by atoms with Gasteiger partial charge >= 0.3 is 0 Å². The van der Waals surface area contributed by atoms with E-state index in [1.54, 1.807) is 0 Å². The number of hydrogen-bond acceptors (Lipinski definition) is 1. The summed E-state index contributed by atoms with van der Waals surface area (Å²) in [4.78, 5) is 2.35. The first-order valence-corrected chi connectivity index (χ1v) is 10.3. The summed E-state index contributed by atoms with van der Waals surface area (Å²) in [5.74, 6) is 0. The smallest absolute Gasteiger partial charge is 0.0468 e. The summed E-state index contributed by atoms with van der Waals surface area (Å²) in [5, 5.41) is 2.51. The summed E-state index contributed by atoms with van der Waals surface area (Å²) in [6.07, 6.45) is 5.35. The van der Waals surface area contributed by atoms with Gasteiger partial charge in [0.25, 0.3) is 0 Å². The Balaban J connectivity index is 1.92. The molecular weight excluding hydrogens is 350 g/mol. The summed E-state index contributed by atoms with van der Waals surface area (Å²) in [6, 6.07) is 30.7. The molecule has 0 fully saturated rings. The average Bonchev–Trinajstić information content (AvgIpc) is 2.74. The molecule has 4 aromatic rings. The molecule has 0 radical (unpaired) electrons. The molecule has 0 atom stereocenters. The molecule has 0 saturated carbocycles. The fourth-order valence-corrected chi connectivity index (χ4v) is 3.91. The number of nitrogens with zero attached hydrogens (tertiary/aromatic N) is 1. The number of benzene rings is 4. The van der Waals surface area contributed by atoms with E-state index >= 15 is 0 Å². The Kier molecular flexibility index (Phi) is 5.48. The van der Waals surface area contributed by atoms with E-state index in [2.05, 4.69) is 123 Å². The van der Waals surface area contributed by atoms with E-state index < -0.39 is 0 Å². The lowest BCUT2D eigenvalue weighted by molar-refractivity contribution is 1.13. The van der Waals surface area contributed by atoms with E-state index in [0.717, 1.165) is 6.42 Å². The van der Waals surface area contributed by atoms with E-state index in [4.69, 9.17) is 0 Å². The van der Waals surface area contributed by atoms with Crippen LogP contribution in [0.3, 0.4) is 0 Å². The van der Waals surface area contributed by atoms with Crippen molar-refractivity contribution < 1.29 is 0 Å². The largest absolute Gasteiger partial charge is 0.310 e. The van der Waals surface area contributed by atoms with Crippen molar-refractivity contribution in [1.29, 1.82) is 0 Å². The Bertz CT molecular complexity index is 1170. The molecule has 144 valence electrons. The lowest BCUT2D eigenvalue weighted by atomic mass is 10.0. The molecule has 0 aliphatic rings. The zero-order valence-corrected chi connectivity index (χ0v) is 17.4. The summed E-state index contributed by atoms with van der Waals surface area (Å²) >= 11 is 0. The normalized spacial score (nSPS) is 11.3. The Hall–Kier alpha value is -3.32. The number of fused-ring (bicyclic) bond motifs is 1. The molecule has 0 aliphatic carbocycles. The molecule has 0 spiro atoms. The minimum Gasteiger partial charge on any atom is -0.310 e. The lowest BCUT2D eigenvalue weighted by Crippen LogP contribution is -2.10. The molecule has 4 aromatic carbocycles. The average molecular weight is 378 g/mol. The van der Waals surface area contributed by atoms with Gasteiger partial charge in [0.2, 0.25) is 0 Å². The molecule has 0 heterocycles. The van der Waals surface area contributed by atoms with Gasteiger partial charge in [0.1, 0.15) is 0 Å². The van der Waals surface area contributed by atoms with Crippen LogP contribution < -0.4 is 4.90 Å². The SMILES string of the molecule is C/C=C\c1cc(N(c2cccc(C)c2)c2ccc3ccccc3c2)ccc1CC. The molecule has 0 saturated heterocycles. The minimum atomic E-state index is 1.03. The van der Waals surface area contributed by atoms with Gasteiger partial charge in [-0.1, -0.05) is 67.6 Å². The van der Waals surface area contributed by atoms with Gasteiger partial charge in [-0.05, 0) is 84.1 Å². The van der Waals surface area contributed by atoms with Gasteiger partial charge in [0, 0.05) is 17.1 Å². The lowest BCUT2D eigenvalue weighted by Gasteiger charge is -2.27. The zero-order valence-electron chi connectivity index (χ0n) is 17.4. The van der Waals surface area contributed by atoms with Crippen molar-refractivity contribution in [1.82, 2.24) is 0 Å². The molecule has 1 heteroatoms. The monoisotopic (exact) mass is 377 g/mol. The van der Waals surface area contributed by atoms with Gasteiger partial charge in [0.15, 0.2) is 0 Å². The number of allylic oxidation sites excluding steroid dienone is 1.